The number of aromatic nitrogens is 3. The number of nitrogens with one attached hydrogen (secondary N) is 1. The summed E-state index contributed by atoms with van der Waals surface area (Å²) < 4.78 is 27.3. The Bertz CT molecular complexity index is 1600. The minimum Gasteiger partial charge on any atom is -0.302 e. The van der Waals surface area contributed by atoms with Crippen LogP contribution in [0.2, 0.25) is 0 Å². The molecule has 10 nitrogen and oxygen atoms in total. The number of rotatable bonds is 12. The Morgan fingerprint density at radius 1 is 1.00 bits per heavy atom. The van der Waals surface area contributed by atoms with E-state index in [-0.39, 0.29) is 11.3 Å². The van der Waals surface area contributed by atoms with Crippen LogP contribution in [0, 0.1) is 10.1 Å². The summed E-state index contributed by atoms with van der Waals surface area (Å²) in [4.78, 5) is 23.1. The number of nitro groups is 1. The van der Waals surface area contributed by atoms with Gasteiger partial charge in [0.15, 0.2) is 5.16 Å². The van der Waals surface area contributed by atoms with Gasteiger partial charge in [0.2, 0.25) is 10.0 Å². The van der Waals surface area contributed by atoms with E-state index >= 15 is 0 Å². The van der Waals surface area contributed by atoms with Crippen molar-refractivity contribution in [3.8, 4) is 11.1 Å². The first-order chi connectivity index (χ1) is 19.1. The maximum atomic E-state index is 12.6. The van der Waals surface area contributed by atoms with Crippen LogP contribution in [0.3, 0.4) is 0 Å². The summed E-state index contributed by atoms with van der Waals surface area (Å²) in [6, 6.07) is 21.1. The number of sulfonamides is 1. The summed E-state index contributed by atoms with van der Waals surface area (Å²) in [5.41, 5.74) is 3.69. The van der Waals surface area contributed by atoms with E-state index in [2.05, 4.69) is 21.7 Å². The van der Waals surface area contributed by atoms with Crippen LogP contribution < -0.4 is 4.72 Å². The average molecular weight is 580 g/mol. The van der Waals surface area contributed by atoms with Crippen molar-refractivity contribution in [2.24, 2.45) is 0 Å². The molecule has 0 bridgehead atoms. The third-order valence-corrected chi connectivity index (χ3v) is 7.71. The Morgan fingerprint density at radius 3 is 2.33 bits per heavy atom. The molecule has 1 N–H and O–H groups in total. The number of nitrogens with zero attached hydrogens (tertiary/aromatic N) is 4. The molecule has 4 aromatic rings. The van der Waals surface area contributed by atoms with Gasteiger partial charge in [0.05, 0.1) is 17.7 Å². The van der Waals surface area contributed by atoms with Crippen molar-refractivity contribution in [3.63, 3.8) is 0 Å². The number of aryl methyl sites for hydroxylation is 1. The topological polar surface area (TPSA) is 137 Å². The van der Waals surface area contributed by atoms with Crippen molar-refractivity contribution in [2.45, 2.75) is 43.6 Å². The van der Waals surface area contributed by atoms with Crippen molar-refractivity contribution < 1.29 is 18.1 Å². The van der Waals surface area contributed by atoms with Gasteiger partial charge in [0.1, 0.15) is 5.82 Å². The number of hydrogen-bond acceptors (Lipinski definition) is 8. The van der Waals surface area contributed by atoms with Crippen LogP contribution in [0.1, 0.15) is 47.1 Å². The lowest BCUT2D eigenvalue weighted by atomic mass is 9.98. The molecule has 1 amide bonds. The maximum Gasteiger partial charge on any atom is 0.269 e. The number of carbonyl (C=O) groups is 1. The lowest BCUT2D eigenvalue weighted by Crippen LogP contribution is -2.29. The Balaban J connectivity index is 1.54. The summed E-state index contributed by atoms with van der Waals surface area (Å²) in [7, 11) is -3.69. The Kier molecular flexibility index (Phi) is 9.33. The smallest absolute Gasteiger partial charge is 0.269 e. The van der Waals surface area contributed by atoms with E-state index in [1.54, 1.807) is 36.4 Å². The number of amides is 1. The highest BCUT2D eigenvalue weighted by atomic mass is 32.2. The Morgan fingerprint density at radius 2 is 1.68 bits per heavy atom. The first-order valence-corrected chi connectivity index (χ1v) is 15.5. The van der Waals surface area contributed by atoms with E-state index in [4.69, 9.17) is 0 Å². The van der Waals surface area contributed by atoms with E-state index in [1.165, 1.54) is 23.9 Å². The number of hydrogen-bond donors (Lipinski definition) is 1. The molecule has 0 radical (unpaired) electrons. The lowest BCUT2D eigenvalue weighted by molar-refractivity contribution is -0.384. The zero-order chi connectivity index (χ0) is 28.7. The molecule has 3 aromatic carbocycles. The first-order valence-electron chi connectivity index (χ1n) is 12.6. The van der Waals surface area contributed by atoms with Crippen LogP contribution in [0.4, 0.5) is 5.69 Å². The molecular weight excluding hydrogens is 550 g/mol. The van der Waals surface area contributed by atoms with E-state index in [0.29, 0.717) is 17.9 Å². The van der Waals surface area contributed by atoms with Crippen molar-refractivity contribution >= 4 is 33.4 Å². The standard InChI is InChI=1S/C28H29N5O5S2/c1-3-4-9-26-29-30-28(39-19-21-12-16-23(17-13-21)33(35)36)32(26)18-20-10-14-22(15-11-20)24-7-5-6-8-25(24)27(34)31-40(2,37)38/h5-8,10-17H,3-4,9,18-19H2,1-2H3,(H,31,34). The van der Waals surface area contributed by atoms with Crippen LogP contribution in [0.25, 0.3) is 11.1 Å². The summed E-state index contributed by atoms with van der Waals surface area (Å²) in [5.74, 6) is 0.802. The molecule has 12 heteroatoms. The largest absolute Gasteiger partial charge is 0.302 e. The van der Waals surface area contributed by atoms with Gasteiger partial charge in [0, 0.05) is 29.9 Å². The SMILES string of the molecule is CCCCc1nnc(SCc2ccc([N+](=O)[O-])cc2)n1Cc1ccc(-c2ccccc2C(=O)NS(C)(=O)=O)cc1. The fourth-order valence-corrected chi connectivity index (χ4v) is 5.45. The van der Waals surface area contributed by atoms with Gasteiger partial charge in [-0.2, -0.15) is 0 Å². The molecule has 208 valence electrons. The summed E-state index contributed by atoms with van der Waals surface area (Å²) in [6.45, 7) is 2.67. The zero-order valence-electron chi connectivity index (χ0n) is 22.1. The minimum absolute atomic E-state index is 0.0564. The molecular formula is C28H29N5O5S2. The molecule has 0 spiro atoms. The molecule has 0 aliphatic rings. The van der Waals surface area contributed by atoms with Crippen LogP contribution >= 0.6 is 11.8 Å². The van der Waals surface area contributed by atoms with Crippen molar-refractivity contribution in [1.29, 1.82) is 0 Å². The summed E-state index contributed by atoms with van der Waals surface area (Å²) in [5, 5.41) is 20.6. The van der Waals surface area contributed by atoms with Gasteiger partial charge in [-0.1, -0.05) is 79.7 Å². The van der Waals surface area contributed by atoms with Gasteiger partial charge in [-0.15, -0.1) is 10.2 Å². The molecule has 0 saturated carbocycles. The molecule has 40 heavy (non-hydrogen) atoms. The molecule has 0 unspecified atom stereocenters. The number of nitro benzene ring substituents is 1. The highest BCUT2D eigenvalue weighted by Crippen LogP contribution is 2.27. The third kappa shape index (κ3) is 7.54. The second-order valence-corrected chi connectivity index (χ2v) is 11.9. The van der Waals surface area contributed by atoms with Crippen LogP contribution in [0.15, 0.2) is 78.0 Å². The maximum absolute atomic E-state index is 12.6. The number of benzene rings is 3. The van der Waals surface area contributed by atoms with Gasteiger partial charge < -0.3 is 4.57 Å². The monoisotopic (exact) mass is 579 g/mol. The van der Waals surface area contributed by atoms with Gasteiger partial charge in [-0.25, -0.2) is 13.1 Å². The molecule has 0 atom stereocenters. The number of non-ortho nitro benzene ring substituents is 1. The normalized spacial score (nSPS) is 11.3. The Hall–Kier alpha value is -4.03. The Labute approximate surface area is 237 Å². The zero-order valence-corrected chi connectivity index (χ0v) is 23.7. The number of unbranched alkanes of at least 4 members (excludes halogenated alkanes) is 1. The van der Waals surface area contributed by atoms with Crippen molar-refractivity contribution in [3.05, 3.63) is 105 Å². The van der Waals surface area contributed by atoms with Gasteiger partial charge in [0.25, 0.3) is 11.6 Å². The van der Waals surface area contributed by atoms with E-state index in [9.17, 15) is 23.3 Å². The van der Waals surface area contributed by atoms with Crippen LogP contribution in [-0.2, 0) is 28.7 Å². The molecule has 0 aliphatic heterocycles. The second kappa shape index (κ2) is 12.9. The van der Waals surface area contributed by atoms with Crippen LogP contribution in [0.5, 0.6) is 0 Å². The quantitative estimate of drug-likeness (QED) is 0.137. The molecule has 0 saturated heterocycles. The van der Waals surface area contributed by atoms with Crippen molar-refractivity contribution in [1.82, 2.24) is 19.5 Å². The van der Waals surface area contributed by atoms with E-state index in [1.807, 2.05) is 29.0 Å². The summed E-state index contributed by atoms with van der Waals surface area (Å²) in [6.07, 6.45) is 3.75. The molecule has 4 rings (SSSR count). The van der Waals surface area contributed by atoms with Gasteiger partial charge in [-0.05, 0) is 34.7 Å². The summed E-state index contributed by atoms with van der Waals surface area (Å²) >= 11 is 1.52. The molecule has 1 heterocycles. The fraction of sp³-hybridized carbons (Fsp3) is 0.250. The first kappa shape index (κ1) is 29.0. The van der Waals surface area contributed by atoms with Gasteiger partial charge in [-0.3, -0.25) is 14.9 Å². The average Bonchev–Trinajstić information content (AvgIpc) is 3.31. The number of carbonyl (C=O) groups excluding carboxylic acids is 1. The van der Waals surface area contributed by atoms with E-state index < -0.39 is 20.9 Å². The van der Waals surface area contributed by atoms with E-state index in [0.717, 1.165) is 53.2 Å². The predicted molar refractivity (Wildman–Crippen MR) is 155 cm³/mol. The third-order valence-electron chi connectivity index (χ3n) is 6.12. The second-order valence-electron chi connectivity index (χ2n) is 9.25. The highest BCUT2D eigenvalue weighted by molar-refractivity contribution is 7.98. The van der Waals surface area contributed by atoms with Crippen LogP contribution in [-0.4, -0.2) is 40.3 Å². The molecule has 0 aliphatic carbocycles. The molecule has 1 aromatic heterocycles. The minimum atomic E-state index is -3.69. The molecule has 0 fully saturated rings. The van der Waals surface area contributed by atoms with Crippen molar-refractivity contribution in [2.75, 3.05) is 6.26 Å². The highest BCUT2D eigenvalue weighted by Gasteiger charge is 2.17. The lowest BCUT2D eigenvalue weighted by Gasteiger charge is -2.12. The fourth-order valence-electron chi connectivity index (χ4n) is 4.09. The van der Waals surface area contributed by atoms with Gasteiger partial charge >= 0.3 is 0 Å². The number of thioether (sulfide) groups is 1. The predicted octanol–water partition coefficient (Wildman–Crippen LogP) is 5.23.